The molecule has 8 nitrogen and oxygen atoms in total. The molecule has 3 rings (SSSR count). The van der Waals surface area contributed by atoms with Gasteiger partial charge in [-0.25, -0.2) is 19.2 Å². The van der Waals surface area contributed by atoms with E-state index in [-0.39, 0.29) is 24.4 Å². The molecule has 2 amide bonds. The number of rotatable bonds is 5. The third kappa shape index (κ3) is 4.73. The number of ether oxygens (including phenoxy) is 1. The molecule has 2 heterocycles. The van der Waals surface area contributed by atoms with Crippen molar-refractivity contribution < 1.29 is 18.7 Å². The Balaban J connectivity index is 1.53. The average molecular weight is 387 g/mol. The zero-order chi connectivity index (χ0) is 19.9. The van der Waals surface area contributed by atoms with Gasteiger partial charge in [0, 0.05) is 50.7 Å². The quantitative estimate of drug-likeness (QED) is 0.846. The molecule has 9 heteroatoms. The van der Waals surface area contributed by atoms with Crippen molar-refractivity contribution in [3.63, 3.8) is 0 Å². The van der Waals surface area contributed by atoms with E-state index in [0.717, 1.165) is 0 Å². The van der Waals surface area contributed by atoms with Gasteiger partial charge in [0.1, 0.15) is 5.82 Å². The number of carbonyl (C=O) groups excluding carboxylic acids is 2. The molecule has 1 aromatic heterocycles. The molecule has 1 aliphatic rings. The zero-order valence-electron chi connectivity index (χ0n) is 15.6. The van der Waals surface area contributed by atoms with Crippen LogP contribution in [-0.4, -0.2) is 64.6 Å². The van der Waals surface area contributed by atoms with Gasteiger partial charge in [-0.05, 0) is 13.0 Å². The van der Waals surface area contributed by atoms with Crippen LogP contribution in [0.2, 0.25) is 0 Å². The van der Waals surface area contributed by atoms with Crippen LogP contribution in [0.1, 0.15) is 22.8 Å². The summed E-state index contributed by atoms with van der Waals surface area (Å²) in [6.45, 7) is 4.02. The van der Waals surface area contributed by atoms with Gasteiger partial charge >= 0.3 is 6.09 Å². The van der Waals surface area contributed by atoms with Crippen LogP contribution in [0.25, 0.3) is 0 Å². The number of carbonyl (C=O) groups is 2. The summed E-state index contributed by atoms with van der Waals surface area (Å²) in [4.78, 5) is 35.8. The van der Waals surface area contributed by atoms with Crippen molar-refractivity contribution in [1.82, 2.24) is 19.8 Å². The number of halogens is 1. The molecule has 0 spiro atoms. The number of amides is 2. The van der Waals surface area contributed by atoms with Crippen molar-refractivity contribution >= 4 is 17.9 Å². The summed E-state index contributed by atoms with van der Waals surface area (Å²) in [6, 6.07) is 6.45. The third-order valence-corrected chi connectivity index (χ3v) is 4.39. The Bertz CT molecular complexity index is 823. The Labute approximate surface area is 162 Å². The number of hydrogen-bond donors (Lipinski definition) is 1. The van der Waals surface area contributed by atoms with E-state index < -0.39 is 0 Å². The Morgan fingerprint density at radius 3 is 2.39 bits per heavy atom. The van der Waals surface area contributed by atoms with Gasteiger partial charge in [0.2, 0.25) is 5.95 Å². The summed E-state index contributed by atoms with van der Waals surface area (Å²) in [5, 5.41) is 2.93. The Kier molecular flexibility index (Phi) is 6.36. The second-order valence-corrected chi connectivity index (χ2v) is 6.22. The molecule has 1 N–H and O–H groups in total. The van der Waals surface area contributed by atoms with Crippen molar-refractivity contribution in [2.24, 2.45) is 0 Å². The van der Waals surface area contributed by atoms with Crippen LogP contribution in [0.3, 0.4) is 0 Å². The summed E-state index contributed by atoms with van der Waals surface area (Å²) in [6.07, 6.45) is 2.52. The zero-order valence-corrected chi connectivity index (χ0v) is 15.6. The maximum atomic E-state index is 13.6. The van der Waals surface area contributed by atoms with Crippen LogP contribution in [0.15, 0.2) is 36.7 Å². The molecule has 1 saturated heterocycles. The predicted molar refractivity (Wildman–Crippen MR) is 100 cm³/mol. The van der Waals surface area contributed by atoms with Crippen molar-refractivity contribution in [3.8, 4) is 0 Å². The van der Waals surface area contributed by atoms with E-state index in [1.54, 1.807) is 34.9 Å². The lowest BCUT2D eigenvalue weighted by Crippen LogP contribution is -2.50. The first kappa shape index (κ1) is 19.5. The van der Waals surface area contributed by atoms with Gasteiger partial charge in [0.05, 0.1) is 12.2 Å². The highest BCUT2D eigenvalue weighted by molar-refractivity contribution is 5.93. The van der Waals surface area contributed by atoms with Crippen molar-refractivity contribution in [2.45, 2.75) is 13.5 Å². The largest absolute Gasteiger partial charge is 0.450 e. The number of piperazine rings is 1. The molecule has 0 unspecified atom stereocenters. The first-order valence-corrected chi connectivity index (χ1v) is 9.08. The van der Waals surface area contributed by atoms with E-state index in [9.17, 15) is 14.0 Å². The van der Waals surface area contributed by atoms with Gasteiger partial charge < -0.3 is 19.9 Å². The SMILES string of the molecule is CCOC(=O)N1CCN(C(=O)c2cnc(NCc3ccccc3F)nc2)CC1. The lowest BCUT2D eigenvalue weighted by molar-refractivity contribution is 0.0570. The maximum Gasteiger partial charge on any atom is 0.409 e. The molecule has 0 atom stereocenters. The molecule has 148 valence electrons. The maximum absolute atomic E-state index is 13.6. The fraction of sp³-hybridized carbons (Fsp3) is 0.368. The summed E-state index contributed by atoms with van der Waals surface area (Å²) in [7, 11) is 0. The second kappa shape index (κ2) is 9.12. The predicted octanol–water partition coefficient (Wildman–Crippen LogP) is 2.14. The molecule has 2 aromatic rings. The monoisotopic (exact) mass is 387 g/mol. The summed E-state index contributed by atoms with van der Waals surface area (Å²) in [5.41, 5.74) is 0.867. The highest BCUT2D eigenvalue weighted by Crippen LogP contribution is 2.11. The highest BCUT2D eigenvalue weighted by atomic mass is 19.1. The van der Waals surface area contributed by atoms with Crippen LogP contribution in [-0.2, 0) is 11.3 Å². The van der Waals surface area contributed by atoms with Gasteiger partial charge in [-0.1, -0.05) is 18.2 Å². The van der Waals surface area contributed by atoms with Gasteiger partial charge in [-0.2, -0.15) is 0 Å². The van der Waals surface area contributed by atoms with Crippen LogP contribution >= 0.6 is 0 Å². The van der Waals surface area contributed by atoms with Crippen molar-refractivity contribution in [1.29, 1.82) is 0 Å². The molecule has 1 fully saturated rings. The van der Waals surface area contributed by atoms with E-state index in [1.165, 1.54) is 18.5 Å². The number of nitrogens with zero attached hydrogens (tertiary/aromatic N) is 4. The van der Waals surface area contributed by atoms with E-state index in [0.29, 0.717) is 49.9 Å². The molecule has 1 aliphatic heterocycles. The van der Waals surface area contributed by atoms with E-state index in [1.807, 2.05) is 0 Å². The molecule has 28 heavy (non-hydrogen) atoms. The second-order valence-electron chi connectivity index (χ2n) is 6.22. The molecule has 0 bridgehead atoms. The average Bonchev–Trinajstić information content (AvgIpc) is 2.73. The first-order chi connectivity index (χ1) is 13.6. The molecule has 0 saturated carbocycles. The highest BCUT2D eigenvalue weighted by Gasteiger charge is 2.25. The minimum absolute atomic E-state index is 0.191. The molecule has 0 aliphatic carbocycles. The lowest BCUT2D eigenvalue weighted by atomic mass is 10.2. The summed E-state index contributed by atoms with van der Waals surface area (Å²) in [5.74, 6) is -0.181. The van der Waals surface area contributed by atoms with Crippen molar-refractivity contribution in [3.05, 3.63) is 53.6 Å². The van der Waals surface area contributed by atoms with E-state index in [2.05, 4.69) is 15.3 Å². The molecular weight excluding hydrogens is 365 g/mol. The summed E-state index contributed by atoms with van der Waals surface area (Å²) >= 11 is 0. The fourth-order valence-corrected chi connectivity index (χ4v) is 2.84. The number of hydrogen-bond acceptors (Lipinski definition) is 6. The molecule has 1 aromatic carbocycles. The van der Waals surface area contributed by atoms with Crippen molar-refractivity contribution in [2.75, 3.05) is 38.1 Å². The third-order valence-electron chi connectivity index (χ3n) is 4.39. The number of aromatic nitrogens is 2. The standard InChI is InChI=1S/C19H22FN5O3/c1-2-28-19(27)25-9-7-24(8-10-25)17(26)15-12-22-18(23-13-15)21-11-14-5-3-4-6-16(14)20/h3-6,12-13H,2,7-11H2,1H3,(H,21,22,23). The Morgan fingerprint density at radius 1 is 1.11 bits per heavy atom. The fourth-order valence-electron chi connectivity index (χ4n) is 2.84. The van der Waals surface area contributed by atoms with Gasteiger partial charge in [0.25, 0.3) is 5.91 Å². The minimum atomic E-state index is -0.358. The minimum Gasteiger partial charge on any atom is -0.450 e. The molecular formula is C19H22FN5O3. The molecule has 0 radical (unpaired) electrons. The Hall–Kier alpha value is -3.23. The topological polar surface area (TPSA) is 87.7 Å². The van der Waals surface area contributed by atoms with E-state index >= 15 is 0 Å². The van der Waals surface area contributed by atoms with Gasteiger partial charge in [-0.15, -0.1) is 0 Å². The number of nitrogens with one attached hydrogen (secondary N) is 1. The lowest BCUT2D eigenvalue weighted by Gasteiger charge is -2.33. The van der Waals surface area contributed by atoms with Crippen LogP contribution in [0.5, 0.6) is 0 Å². The first-order valence-electron chi connectivity index (χ1n) is 9.08. The van der Waals surface area contributed by atoms with Gasteiger partial charge in [0.15, 0.2) is 0 Å². The van der Waals surface area contributed by atoms with Crippen LogP contribution < -0.4 is 5.32 Å². The normalized spacial score (nSPS) is 13.9. The smallest absolute Gasteiger partial charge is 0.409 e. The number of anilines is 1. The van der Waals surface area contributed by atoms with Crippen LogP contribution in [0.4, 0.5) is 15.1 Å². The van der Waals surface area contributed by atoms with Gasteiger partial charge in [-0.3, -0.25) is 4.79 Å². The number of benzene rings is 1. The van der Waals surface area contributed by atoms with Crippen LogP contribution in [0, 0.1) is 5.82 Å². The summed E-state index contributed by atoms with van der Waals surface area (Å²) < 4.78 is 18.6. The van der Waals surface area contributed by atoms with E-state index in [4.69, 9.17) is 4.74 Å². The Morgan fingerprint density at radius 2 is 1.75 bits per heavy atom.